The third kappa shape index (κ3) is 2.85. The normalized spacial score (nSPS) is 24.0. The number of rotatable bonds is 5. The lowest BCUT2D eigenvalue weighted by atomic mass is 9.84. The monoisotopic (exact) mass is 392 g/mol. The first-order valence-corrected chi connectivity index (χ1v) is 9.92. The first-order chi connectivity index (χ1) is 13.5. The Hall–Kier alpha value is -2.83. The Morgan fingerprint density at radius 2 is 1.64 bits per heavy atom. The van der Waals surface area contributed by atoms with Crippen LogP contribution >= 0.6 is 11.8 Å². The van der Waals surface area contributed by atoms with E-state index in [2.05, 4.69) is 6.58 Å². The minimum Gasteiger partial charge on any atom is -0.477 e. The van der Waals surface area contributed by atoms with Crippen molar-refractivity contribution in [2.45, 2.75) is 22.6 Å². The fraction of sp³-hybridized carbons (Fsp3) is 0.182. The molecular formula is C22H20N2O3S. The van der Waals surface area contributed by atoms with E-state index in [0.29, 0.717) is 5.57 Å². The molecule has 0 radical (unpaired) electrons. The topological polar surface area (TPSA) is 83.6 Å². The average Bonchev–Trinajstić information content (AvgIpc) is 2.73. The summed E-state index contributed by atoms with van der Waals surface area (Å²) in [4.78, 5) is 25.6. The zero-order valence-corrected chi connectivity index (χ0v) is 15.9. The molecule has 3 N–H and O–H groups in total. The van der Waals surface area contributed by atoms with Crippen LogP contribution in [0, 0.1) is 0 Å². The Labute approximate surface area is 167 Å². The standard InChI is InChI=1S/C22H20N2O3S/c1-2-15-18(22(26)27)24-20(25)17(23)21(24)28-19(15)16(13-9-5-3-6-10-13)14-11-7-4-8-12-14/h2-12,16-17,19,21H,1,23H2,(H,26,27)/t17?,19?,21-/m1/s1. The SMILES string of the molecule is C=CC1=C(C(=O)O)N2C(=O)C(N)[C@H]2SC1C(c1ccccc1)c1ccccc1. The number of allylic oxidation sites excluding steroid dienone is 1. The number of carboxylic acids is 1. The Morgan fingerprint density at radius 3 is 2.11 bits per heavy atom. The average molecular weight is 392 g/mol. The van der Waals surface area contributed by atoms with Gasteiger partial charge >= 0.3 is 5.97 Å². The largest absolute Gasteiger partial charge is 0.477 e. The molecule has 0 aromatic heterocycles. The van der Waals surface area contributed by atoms with Crippen molar-refractivity contribution in [3.05, 3.63) is 95.7 Å². The van der Waals surface area contributed by atoms with Crippen LogP contribution in [0.15, 0.2) is 84.6 Å². The van der Waals surface area contributed by atoms with Crippen LogP contribution < -0.4 is 5.73 Å². The van der Waals surface area contributed by atoms with E-state index in [1.807, 2.05) is 60.7 Å². The van der Waals surface area contributed by atoms with E-state index >= 15 is 0 Å². The van der Waals surface area contributed by atoms with Crippen molar-refractivity contribution in [3.63, 3.8) is 0 Å². The van der Waals surface area contributed by atoms with E-state index in [-0.39, 0.29) is 28.1 Å². The lowest BCUT2D eigenvalue weighted by Gasteiger charge is -2.51. The predicted octanol–water partition coefficient (Wildman–Crippen LogP) is 2.95. The third-order valence-electron chi connectivity index (χ3n) is 5.23. The van der Waals surface area contributed by atoms with Gasteiger partial charge in [0.15, 0.2) is 0 Å². The molecule has 0 spiro atoms. The second kappa shape index (κ2) is 7.30. The van der Waals surface area contributed by atoms with Gasteiger partial charge in [0.25, 0.3) is 0 Å². The van der Waals surface area contributed by atoms with Crippen LogP contribution in [0.25, 0.3) is 0 Å². The van der Waals surface area contributed by atoms with Gasteiger partial charge in [0.2, 0.25) is 5.91 Å². The summed E-state index contributed by atoms with van der Waals surface area (Å²) in [6.45, 7) is 3.86. The van der Waals surface area contributed by atoms with Gasteiger partial charge in [-0.25, -0.2) is 4.79 Å². The molecule has 2 aromatic rings. The van der Waals surface area contributed by atoms with Crippen LogP contribution in [-0.4, -0.2) is 38.5 Å². The molecule has 2 unspecified atom stereocenters. The minimum atomic E-state index is -1.13. The van der Waals surface area contributed by atoms with Crippen molar-refractivity contribution in [2.24, 2.45) is 5.73 Å². The van der Waals surface area contributed by atoms with Crippen LogP contribution in [0.1, 0.15) is 17.0 Å². The van der Waals surface area contributed by atoms with E-state index < -0.39 is 12.0 Å². The van der Waals surface area contributed by atoms with Gasteiger partial charge in [-0.05, 0) is 16.7 Å². The third-order valence-corrected chi connectivity index (χ3v) is 6.84. The fourth-order valence-electron chi connectivity index (χ4n) is 3.93. The van der Waals surface area contributed by atoms with E-state index in [1.54, 1.807) is 6.08 Å². The second-order valence-electron chi connectivity index (χ2n) is 6.79. The number of fused-ring (bicyclic) bond motifs is 1. The zero-order chi connectivity index (χ0) is 19.8. The predicted molar refractivity (Wildman–Crippen MR) is 110 cm³/mol. The maximum Gasteiger partial charge on any atom is 0.352 e. The summed E-state index contributed by atoms with van der Waals surface area (Å²) in [5.41, 5.74) is 8.70. The summed E-state index contributed by atoms with van der Waals surface area (Å²) in [5.74, 6) is -1.59. The molecule has 4 rings (SSSR count). The molecule has 0 saturated carbocycles. The van der Waals surface area contributed by atoms with Crippen LogP contribution in [0.2, 0.25) is 0 Å². The van der Waals surface area contributed by atoms with Gasteiger partial charge in [0.05, 0.1) is 0 Å². The molecule has 1 amide bonds. The minimum absolute atomic E-state index is 0.00712. The molecule has 0 aliphatic carbocycles. The van der Waals surface area contributed by atoms with E-state index in [4.69, 9.17) is 5.73 Å². The number of nitrogens with two attached hydrogens (primary N) is 1. The van der Waals surface area contributed by atoms with E-state index in [0.717, 1.165) is 11.1 Å². The number of carbonyl (C=O) groups is 2. The second-order valence-corrected chi connectivity index (χ2v) is 8.06. The molecule has 3 atom stereocenters. The van der Waals surface area contributed by atoms with Crippen molar-refractivity contribution in [1.29, 1.82) is 0 Å². The van der Waals surface area contributed by atoms with Crippen LogP contribution in [0.4, 0.5) is 0 Å². The Balaban J connectivity index is 1.90. The van der Waals surface area contributed by atoms with Crippen molar-refractivity contribution < 1.29 is 14.7 Å². The smallest absolute Gasteiger partial charge is 0.352 e. The molecule has 2 aliphatic heterocycles. The maximum absolute atomic E-state index is 12.2. The molecule has 2 aliphatic rings. The van der Waals surface area contributed by atoms with E-state index in [1.165, 1.54) is 16.7 Å². The van der Waals surface area contributed by atoms with Crippen LogP contribution in [0.5, 0.6) is 0 Å². The number of β-lactam (4-membered cyclic amide) rings is 1. The Morgan fingerprint density at radius 1 is 1.11 bits per heavy atom. The highest BCUT2D eigenvalue weighted by Crippen LogP contribution is 2.50. The van der Waals surface area contributed by atoms with Gasteiger partial charge in [-0.3, -0.25) is 9.69 Å². The van der Waals surface area contributed by atoms with Gasteiger partial charge in [-0.1, -0.05) is 73.3 Å². The van der Waals surface area contributed by atoms with Crippen molar-refractivity contribution in [1.82, 2.24) is 4.90 Å². The molecule has 6 heteroatoms. The van der Waals surface area contributed by atoms with Crippen molar-refractivity contribution in [2.75, 3.05) is 0 Å². The molecule has 142 valence electrons. The summed E-state index contributed by atoms with van der Waals surface area (Å²) in [6, 6.07) is 19.3. The number of carbonyl (C=O) groups excluding carboxylic acids is 1. The number of nitrogens with zero attached hydrogens (tertiary/aromatic N) is 1. The highest BCUT2D eigenvalue weighted by atomic mass is 32.2. The van der Waals surface area contributed by atoms with Gasteiger partial charge in [-0.15, -0.1) is 11.8 Å². The molecule has 1 fully saturated rings. The number of thioether (sulfide) groups is 1. The Bertz CT molecular complexity index is 919. The lowest BCUT2D eigenvalue weighted by Crippen LogP contribution is -2.69. The Kier molecular flexibility index (Phi) is 4.83. The molecule has 2 heterocycles. The molecule has 0 bridgehead atoms. The van der Waals surface area contributed by atoms with Crippen LogP contribution in [0.3, 0.4) is 0 Å². The molecular weight excluding hydrogens is 372 g/mol. The number of aliphatic carboxylic acids is 1. The highest BCUT2D eigenvalue weighted by Gasteiger charge is 2.54. The molecule has 1 saturated heterocycles. The number of hydrogen-bond donors (Lipinski definition) is 2. The number of amides is 1. The first kappa shape index (κ1) is 18.5. The molecule has 28 heavy (non-hydrogen) atoms. The number of benzene rings is 2. The van der Waals surface area contributed by atoms with Gasteiger partial charge in [0.1, 0.15) is 17.1 Å². The van der Waals surface area contributed by atoms with Gasteiger partial charge < -0.3 is 10.8 Å². The van der Waals surface area contributed by atoms with Crippen molar-refractivity contribution >= 4 is 23.6 Å². The molecule has 2 aromatic carbocycles. The summed E-state index contributed by atoms with van der Waals surface area (Å²) < 4.78 is 0. The first-order valence-electron chi connectivity index (χ1n) is 8.98. The zero-order valence-electron chi connectivity index (χ0n) is 15.1. The fourth-order valence-corrected chi connectivity index (χ4v) is 5.67. The summed E-state index contributed by atoms with van der Waals surface area (Å²) in [7, 11) is 0. The van der Waals surface area contributed by atoms with Crippen LogP contribution in [-0.2, 0) is 9.59 Å². The lowest BCUT2D eigenvalue weighted by molar-refractivity contribution is -0.148. The maximum atomic E-state index is 12.2. The number of carboxylic acid groups (broad SMARTS) is 1. The quantitative estimate of drug-likeness (QED) is 0.765. The highest BCUT2D eigenvalue weighted by molar-refractivity contribution is 8.01. The summed E-state index contributed by atoms with van der Waals surface area (Å²) >= 11 is 1.53. The molecule has 5 nitrogen and oxygen atoms in total. The van der Waals surface area contributed by atoms with Gasteiger partial charge in [0, 0.05) is 11.2 Å². The number of hydrogen-bond acceptors (Lipinski definition) is 4. The van der Waals surface area contributed by atoms with Gasteiger partial charge in [-0.2, -0.15) is 0 Å². The van der Waals surface area contributed by atoms with Crippen molar-refractivity contribution in [3.8, 4) is 0 Å². The summed E-state index contributed by atoms with van der Waals surface area (Å²) in [6.07, 6.45) is 1.56. The summed E-state index contributed by atoms with van der Waals surface area (Å²) in [5, 5.41) is 9.24. The van der Waals surface area contributed by atoms with E-state index in [9.17, 15) is 14.7 Å².